The first-order chi connectivity index (χ1) is 12.0. The molecule has 132 valence electrons. The van der Waals surface area contributed by atoms with Gasteiger partial charge in [-0.15, -0.1) is 0 Å². The van der Waals surface area contributed by atoms with E-state index >= 15 is 0 Å². The molecule has 9 heteroatoms. The van der Waals surface area contributed by atoms with Gasteiger partial charge in [0.25, 0.3) is 11.8 Å². The van der Waals surface area contributed by atoms with E-state index in [1.165, 1.54) is 10.7 Å². The second kappa shape index (κ2) is 7.43. The quantitative estimate of drug-likeness (QED) is 0.806. The van der Waals surface area contributed by atoms with Crippen molar-refractivity contribution in [3.63, 3.8) is 0 Å². The van der Waals surface area contributed by atoms with Crippen LogP contribution in [-0.4, -0.2) is 39.6 Å². The van der Waals surface area contributed by atoms with E-state index in [4.69, 9.17) is 28.0 Å². The van der Waals surface area contributed by atoms with Gasteiger partial charge in [-0.05, 0) is 19.1 Å². The molecule has 1 aromatic heterocycles. The molecule has 0 saturated heterocycles. The highest BCUT2D eigenvalue weighted by Gasteiger charge is 2.28. The SMILES string of the molecule is CCONC(=O)c1cc2n(n1)CCN(Cc1c(Cl)cccc1Cl)C2=O. The Kier molecular flexibility index (Phi) is 5.27. The smallest absolute Gasteiger partial charge is 0.295 e. The van der Waals surface area contributed by atoms with Crippen LogP contribution in [0.25, 0.3) is 0 Å². The molecule has 1 aromatic carbocycles. The van der Waals surface area contributed by atoms with E-state index in [0.29, 0.717) is 47.5 Å². The van der Waals surface area contributed by atoms with E-state index in [9.17, 15) is 9.59 Å². The van der Waals surface area contributed by atoms with Crippen molar-refractivity contribution in [1.82, 2.24) is 20.2 Å². The molecule has 0 saturated carbocycles. The molecule has 2 amide bonds. The van der Waals surface area contributed by atoms with Gasteiger partial charge in [0, 0.05) is 34.8 Å². The van der Waals surface area contributed by atoms with E-state index in [-0.39, 0.29) is 11.6 Å². The Labute approximate surface area is 154 Å². The summed E-state index contributed by atoms with van der Waals surface area (Å²) in [5, 5.41) is 5.18. The summed E-state index contributed by atoms with van der Waals surface area (Å²) < 4.78 is 1.52. The number of carbonyl (C=O) groups is 2. The number of fused-ring (bicyclic) bond motifs is 1. The Morgan fingerprint density at radius 1 is 1.32 bits per heavy atom. The molecule has 0 unspecified atom stereocenters. The van der Waals surface area contributed by atoms with Gasteiger partial charge in [0.1, 0.15) is 5.69 Å². The van der Waals surface area contributed by atoms with Crippen LogP contribution in [0.5, 0.6) is 0 Å². The third kappa shape index (κ3) is 3.63. The first-order valence-corrected chi connectivity index (χ1v) is 8.49. The number of halogens is 2. The second-order valence-corrected chi connectivity index (χ2v) is 6.24. The minimum atomic E-state index is -0.489. The van der Waals surface area contributed by atoms with Crippen LogP contribution < -0.4 is 5.48 Å². The maximum Gasteiger partial charge on any atom is 0.295 e. The average molecular weight is 383 g/mol. The predicted octanol–water partition coefficient (Wildman–Crippen LogP) is 2.53. The lowest BCUT2D eigenvalue weighted by atomic mass is 10.2. The van der Waals surface area contributed by atoms with Crippen LogP contribution in [0.2, 0.25) is 10.0 Å². The number of amides is 2. The fraction of sp³-hybridized carbons (Fsp3) is 0.312. The van der Waals surface area contributed by atoms with Crippen molar-refractivity contribution in [2.45, 2.75) is 20.0 Å². The van der Waals surface area contributed by atoms with Crippen molar-refractivity contribution in [3.05, 3.63) is 51.3 Å². The molecule has 0 spiro atoms. The minimum absolute atomic E-state index is 0.134. The molecule has 25 heavy (non-hydrogen) atoms. The molecule has 0 bridgehead atoms. The number of carbonyl (C=O) groups excluding carboxylic acids is 2. The highest BCUT2D eigenvalue weighted by molar-refractivity contribution is 6.36. The number of hydrogen-bond donors (Lipinski definition) is 1. The Hall–Kier alpha value is -2.09. The summed E-state index contributed by atoms with van der Waals surface area (Å²) in [6, 6.07) is 6.68. The van der Waals surface area contributed by atoms with Crippen molar-refractivity contribution in [1.29, 1.82) is 0 Å². The molecule has 0 radical (unpaired) electrons. The molecule has 2 aromatic rings. The standard InChI is InChI=1S/C16H16Cl2N4O3/c1-2-25-20-15(23)13-8-14-16(24)21(6-7-22(14)19-13)9-10-11(17)4-3-5-12(10)18/h3-5,8H,2,6-7,9H2,1H3,(H,20,23). The average Bonchev–Trinajstić information content (AvgIpc) is 3.03. The Balaban J connectivity index is 1.79. The Morgan fingerprint density at radius 2 is 2.04 bits per heavy atom. The summed E-state index contributed by atoms with van der Waals surface area (Å²) >= 11 is 12.4. The van der Waals surface area contributed by atoms with Crippen molar-refractivity contribution in [2.24, 2.45) is 0 Å². The zero-order chi connectivity index (χ0) is 18.0. The minimum Gasteiger partial charge on any atom is -0.331 e. The van der Waals surface area contributed by atoms with E-state index in [2.05, 4.69) is 10.6 Å². The molecular formula is C16H16Cl2N4O3. The molecule has 0 atom stereocenters. The third-order valence-electron chi connectivity index (χ3n) is 3.82. The van der Waals surface area contributed by atoms with Gasteiger partial charge >= 0.3 is 0 Å². The third-order valence-corrected chi connectivity index (χ3v) is 4.53. The van der Waals surface area contributed by atoms with Gasteiger partial charge in [-0.1, -0.05) is 29.3 Å². The van der Waals surface area contributed by atoms with Crippen molar-refractivity contribution < 1.29 is 14.4 Å². The van der Waals surface area contributed by atoms with E-state index in [1.807, 2.05) is 0 Å². The molecular weight excluding hydrogens is 367 g/mol. The van der Waals surface area contributed by atoms with E-state index in [0.717, 1.165) is 0 Å². The number of aromatic nitrogens is 2. The molecule has 0 aliphatic carbocycles. The molecule has 1 aliphatic heterocycles. The topological polar surface area (TPSA) is 76.5 Å². The highest BCUT2D eigenvalue weighted by atomic mass is 35.5. The monoisotopic (exact) mass is 382 g/mol. The van der Waals surface area contributed by atoms with Gasteiger partial charge in [-0.25, -0.2) is 5.48 Å². The zero-order valence-electron chi connectivity index (χ0n) is 13.5. The second-order valence-electron chi connectivity index (χ2n) is 5.43. The van der Waals surface area contributed by atoms with Gasteiger partial charge < -0.3 is 4.90 Å². The van der Waals surface area contributed by atoms with Gasteiger partial charge in [-0.2, -0.15) is 5.10 Å². The highest BCUT2D eigenvalue weighted by Crippen LogP contribution is 2.27. The summed E-state index contributed by atoms with van der Waals surface area (Å²) in [4.78, 5) is 31.1. The summed E-state index contributed by atoms with van der Waals surface area (Å²) in [5.41, 5.74) is 3.44. The summed E-state index contributed by atoms with van der Waals surface area (Å²) in [6.45, 7) is 3.31. The first-order valence-electron chi connectivity index (χ1n) is 7.73. The van der Waals surface area contributed by atoms with E-state index in [1.54, 1.807) is 30.0 Å². The Bertz CT molecular complexity index is 801. The molecule has 1 N–H and O–H groups in total. The number of nitrogens with zero attached hydrogens (tertiary/aromatic N) is 3. The Morgan fingerprint density at radius 3 is 2.72 bits per heavy atom. The van der Waals surface area contributed by atoms with E-state index < -0.39 is 5.91 Å². The number of hydrogen-bond acceptors (Lipinski definition) is 4. The molecule has 3 rings (SSSR count). The van der Waals surface area contributed by atoms with Crippen LogP contribution in [0, 0.1) is 0 Å². The molecule has 2 heterocycles. The molecule has 0 fully saturated rings. The fourth-order valence-corrected chi connectivity index (χ4v) is 3.08. The fourth-order valence-electron chi connectivity index (χ4n) is 2.56. The van der Waals surface area contributed by atoms with Crippen LogP contribution in [-0.2, 0) is 17.9 Å². The first kappa shape index (κ1) is 17.7. The summed E-state index contributed by atoms with van der Waals surface area (Å²) in [7, 11) is 0. The zero-order valence-corrected chi connectivity index (χ0v) is 15.0. The normalized spacial score (nSPS) is 13.7. The lowest BCUT2D eigenvalue weighted by Crippen LogP contribution is -2.39. The van der Waals surface area contributed by atoms with Crippen LogP contribution >= 0.6 is 23.2 Å². The van der Waals surface area contributed by atoms with Crippen molar-refractivity contribution in [2.75, 3.05) is 13.2 Å². The summed E-state index contributed by atoms with van der Waals surface area (Å²) in [6.07, 6.45) is 0. The number of rotatable bonds is 5. The van der Waals surface area contributed by atoms with Crippen LogP contribution in [0.4, 0.5) is 0 Å². The van der Waals surface area contributed by atoms with Crippen LogP contribution in [0.15, 0.2) is 24.3 Å². The predicted molar refractivity (Wildman–Crippen MR) is 92.5 cm³/mol. The lowest BCUT2D eigenvalue weighted by molar-refractivity contribution is 0.0359. The van der Waals surface area contributed by atoms with Crippen LogP contribution in [0.3, 0.4) is 0 Å². The number of nitrogens with one attached hydrogen (secondary N) is 1. The summed E-state index contributed by atoms with van der Waals surface area (Å²) in [5.74, 6) is -0.720. The van der Waals surface area contributed by atoms with Crippen LogP contribution in [0.1, 0.15) is 33.5 Å². The molecule has 1 aliphatic rings. The maximum absolute atomic E-state index is 12.7. The maximum atomic E-state index is 12.7. The molecule has 7 nitrogen and oxygen atoms in total. The van der Waals surface area contributed by atoms with Gasteiger partial charge in [0.05, 0.1) is 13.2 Å². The van der Waals surface area contributed by atoms with Crippen molar-refractivity contribution >= 4 is 35.0 Å². The lowest BCUT2D eigenvalue weighted by Gasteiger charge is -2.28. The van der Waals surface area contributed by atoms with Gasteiger partial charge in [0.15, 0.2) is 5.69 Å². The number of hydroxylamine groups is 1. The van der Waals surface area contributed by atoms with Gasteiger partial charge in [0.2, 0.25) is 0 Å². The van der Waals surface area contributed by atoms with Gasteiger partial charge in [-0.3, -0.25) is 19.1 Å². The largest absolute Gasteiger partial charge is 0.331 e. The van der Waals surface area contributed by atoms with Crippen molar-refractivity contribution in [3.8, 4) is 0 Å². The number of benzene rings is 1.